The first-order valence-electron chi connectivity index (χ1n) is 7.22. The number of halogens is 1. The molecule has 3 heteroatoms. The van der Waals surface area contributed by atoms with E-state index >= 15 is 0 Å². The molecular formula is C16H26FNO. The Bertz CT molecular complexity index is 366. The van der Waals surface area contributed by atoms with E-state index in [-0.39, 0.29) is 5.82 Å². The molecule has 0 radical (unpaired) electrons. The van der Waals surface area contributed by atoms with Crippen LogP contribution in [0.5, 0.6) is 0 Å². The van der Waals surface area contributed by atoms with Gasteiger partial charge >= 0.3 is 0 Å². The second-order valence-corrected chi connectivity index (χ2v) is 5.22. The lowest BCUT2D eigenvalue weighted by atomic mass is 10.1. The van der Waals surface area contributed by atoms with Gasteiger partial charge in [-0.25, -0.2) is 4.39 Å². The molecule has 1 N–H and O–H groups in total. The molecular weight excluding hydrogens is 241 g/mol. The van der Waals surface area contributed by atoms with Crippen LogP contribution in [0.15, 0.2) is 18.2 Å². The minimum Gasteiger partial charge on any atom is -0.377 e. The zero-order chi connectivity index (χ0) is 14.1. The van der Waals surface area contributed by atoms with Gasteiger partial charge < -0.3 is 10.1 Å². The molecule has 0 saturated heterocycles. The molecule has 0 fully saturated rings. The second kappa shape index (κ2) is 9.05. The van der Waals surface area contributed by atoms with Crippen molar-refractivity contribution in [2.75, 3.05) is 6.61 Å². The molecule has 0 aromatic heterocycles. The summed E-state index contributed by atoms with van der Waals surface area (Å²) in [5.74, 6) is -0.177. The van der Waals surface area contributed by atoms with Gasteiger partial charge in [-0.2, -0.15) is 0 Å². The van der Waals surface area contributed by atoms with Gasteiger partial charge in [-0.15, -0.1) is 0 Å². The standard InChI is InChI=1S/C16H26FNO/c1-4-5-6-9-19-12-15-10-14(7-8-16(15)17)11-18-13(2)3/h7-8,10,13,18H,4-6,9,11-12H2,1-3H3. The molecule has 1 aromatic rings. The Morgan fingerprint density at radius 3 is 2.74 bits per heavy atom. The van der Waals surface area contributed by atoms with Crippen LogP contribution in [0.2, 0.25) is 0 Å². The lowest BCUT2D eigenvalue weighted by molar-refractivity contribution is 0.114. The Morgan fingerprint density at radius 1 is 1.26 bits per heavy atom. The Morgan fingerprint density at radius 2 is 2.05 bits per heavy atom. The molecule has 2 nitrogen and oxygen atoms in total. The number of nitrogens with one attached hydrogen (secondary N) is 1. The molecule has 19 heavy (non-hydrogen) atoms. The summed E-state index contributed by atoms with van der Waals surface area (Å²) in [7, 11) is 0. The van der Waals surface area contributed by atoms with Gasteiger partial charge in [-0.05, 0) is 24.1 Å². The summed E-state index contributed by atoms with van der Waals surface area (Å²) < 4.78 is 19.2. The van der Waals surface area contributed by atoms with E-state index in [1.165, 1.54) is 18.9 Å². The first-order valence-corrected chi connectivity index (χ1v) is 7.22. The number of rotatable bonds is 9. The maximum atomic E-state index is 13.6. The number of benzene rings is 1. The summed E-state index contributed by atoms with van der Waals surface area (Å²) in [4.78, 5) is 0. The lowest BCUT2D eigenvalue weighted by Gasteiger charge is -2.10. The molecule has 108 valence electrons. The number of unbranched alkanes of at least 4 members (excludes halogenated alkanes) is 2. The molecule has 1 rings (SSSR count). The maximum absolute atomic E-state index is 13.6. The van der Waals surface area contributed by atoms with Crippen molar-refractivity contribution < 1.29 is 9.13 Å². The quantitative estimate of drug-likeness (QED) is 0.682. The molecule has 0 atom stereocenters. The first kappa shape index (κ1) is 16.1. The van der Waals surface area contributed by atoms with Crippen LogP contribution < -0.4 is 5.32 Å². The zero-order valence-corrected chi connectivity index (χ0v) is 12.3. The van der Waals surface area contributed by atoms with Crippen LogP contribution in [0.4, 0.5) is 4.39 Å². The van der Waals surface area contributed by atoms with E-state index in [1.54, 1.807) is 0 Å². The Balaban J connectivity index is 2.44. The summed E-state index contributed by atoms with van der Waals surface area (Å²) >= 11 is 0. The third-order valence-electron chi connectivity index (χ3n) is 2.97. The van der Waals surface area contributed by atoms with Crippen LogP contribution in [0.25, 0.3) is 0 Å². The summed E-state index contributed by atoms with van der Waals surface area (Å²) in [6.45, 7) is 8.20. The van der Waals surface area contributed by atoms with Crippen LogP contribution in [0.3, 0.4) is 0 Å². The minimum atomic E-state index is -0.177. The van der Waals surface area contributed by atoms with Crippen LogP contribution in [0, 0.1) is 5.82 Å². The SMILES string of the molecule is CCCCCOCc1cc(CNC(C)C)ccc1F. The molecule has 0 saturated carbocycles. The largest absolute Gasteiger partial charge is 0.377 e. The van der Waals surface area contributed by atoms with Crippen LogP contribution in [-0.2, 0) is 17.9 Å². The summed E-state index contributed by atoms with van der Waals surface area (Å²) in [6, 6.07) is 5.68. The molecule has 1 aromatic carbocycles. The highest BCUT2D eigenvalue weighted by Crippen LogP contribution is 2.12. The summed E-state index contributed by atoms with van der Waals surface area (Å²) in [5, 5.41) is 3.33. The van der Waals surface area contributed by atoms with Crippen LogP contribution in [-0.4, -0.2) is 12.6 Å². The molecule has 0 aliphatic heterocycles. The molecule has 0 aliphatic rings. The number of hydrogen-bond acceptors (Lipinski definition) is 2. The van der Waals surface area contributed by atoms with Crippen molar-refractivity contribution >= 4 is 0 Å². The topological polar surface area (TPSA) is 21.3 Å². The van der Waals surface area contributed by atoms with Gasteiger partial charge in [0.05, 0.1) is 6.61 Å². The van der Waals surface area contributed by atoms with Gasteiger partial charge in [0.2, 0.25) is 0 Å². The average molecular weight is 267 g/mol. The first-order chi connectivity index (χ1) is 9.13. The van der Waals surface area contributed by atoms with Crippen molar-refractivity contribution in [3.05, 3.63) is 35.1 Å². The van der Waals surface area contributed by atoms with Crippen molar-refractivity contribution in [2.24, 2.45) is 0 Å². The van der Waals surface area contributed by atoms with Crippen LogP contribution >= 0.6 is 0 Å². The molecule has 0 amide bonds. The smallest absolute Gasteiger partial charge is 0.128 e. The Kier molecular flexibility index (Phi) is 7.68. The number of hydrogen-bond donors (Lipinski definition) is 1. The van der Waals surface area contributed by atoms with Crippen molar-refractivity contribution in [3.8, 4) is 0 Å². The minimum absolute atomic E-state index is 0.177. The van der Waals surface area contributed by atoms with E-state index in [2.05, 4.69) is 26.1 Å². The van der Waals surface area contributed by atoms with Crippen molar-refractivity contribution in [2.45, 2.75) is 59.2 Å². The average Bonchev–Trinajstić information content (AvgIpc) is 2.39. The maximum Gasteiger partial charge on any atom is 0.128 e. The number of ether oxygens (including phenoxy) is 1. The van der Waals surface area contributed by atoms with Crippen molar-refractivity contribution in [3.63, 3.8) is 0 Å². The Labute approximate surface area is 116 Å². The van der Waals surface area contributed by atoms with E-state index in [0.717, 1.165) is 18.5 Å². The zero-order valence-electron chi connectivity index (χ0n) is 12.3. The third-order valence-corrected chi connectivity index (χ3v) is 2.97. The lowest BCUT2D eigenvalue weighted by Crippen LogP contribution is -2.21. The normalized spacial score (nSPS) is 11.2. The third kappa shape index (κ3) is 6.69. The highest BCUT2D eigenvalue weighted by molar-refractivity contribution is 5.24. The van der Waals surface area contributed by atoms with Gasteiger partial charge in [0.1, 0.15) is 5.82 Å². The second-order valence-electron chi connectivity index (χ2n) is 5.22. The van der Waals surface area contributed by atoms with Crippen molar-refractivity contribution in [1.82, 2.24) is 5.32 Å². The van der Waals surface area contributed by atoms with E-state index in [4.69, 9.17) is 4.74 Å². The fourth-order valence-corrected chi connectivity index (χ4v) is 1.81. The fraction of sp³-hybridized carbons (Fsp3) is 0.625. The summed E-state index contributed by atoms with van der Waals surface area (Å²) in [5.41, 5.74) is 1.75. The fourth-order valence-electron chi connectivity index (χ4n) is 1.81. The molecule has 0 heterocycles. The molecule has 0 aliphatic carbocycles. The van der Waals surface area contributed by atoms with Gasteiger partial charge in [0, 0.05) is 24.8 Å². The highest BCUT2D eigenvalue weighted by Gasteiger charge is 2.04. The van der Waals surface area contributed by atoms with Crippen molar-refractivity contribution in [1.29, 1.82) is 0 Å². The van der Waals surface area contributed by atoms with E-state index in [0.29, 0.717) is 24.8 Å². The predicted molar refractivity (Wildman–Crippen MR) is 77.6 cm³/mol. The van der Waals surface area contributed by atoms with Gasteiger partial charge in [0.25, 0.3) is 0 Å². The molecule has 0 spiro atoms. The Hall–Kier alpha value is -0.930. The van der Waals surface area contributed by atoms with E-state index < -0.39 is 0 Å². The predicted octanol–water partition coefficient (Wildman–Crippen LogP) is 4.03. The monoisotopic (exact) mass is 267 g/mol. The summed E-state index contributed by atoms with van der Waals surface area (Å²) in [6.07, 6.45) is 3.39. The highest BCUT2D eigenvalue weighted by atomic mass is 19.1. The van der Waals surface area contributed by atoms with E-state index in [9.17, 15) is 4.39 Å². The van der Waals surface area contributed by atoms with Gasteiger partial charge in [-0.3, -0.25) is 0 Å². The van der Waals surface area contributed by atoms with Gasteiger partial charge in [-0.1, -0.05) is 39.7 Å². The molecule has 0 unspecified atom stereocenters. The van der Waals surface area contributed by atoms with Gasteiger partial charge in [0.15, 0.2) is 0 Å². The van der Waals surface area contributed by atoms with Crippen LogP contribution in [0.1, 0.15) is 51.2 Å². The van der Waals surface area contributed by atoms with E-state index in [1.807, 2.05) is 12.1 Å². The molecule has 0 bridgehead atoms.